The SMILES string of the molecule is c1ccc(N(c2ccccc2)c2cccc3c4c5ccccc5cc5c6c7c8cc9ccccc9c9c%10cccc(N(c%11ccccc%11)c%11ccccc%11)c%10n(c7ncc6n(c23)c54)c89)cc1. The first-order valence-electron chi connectivity index (χ1n) is 22.6. The Kier molecular flexibility index (Phi) is 7.16. The molecule has 0 radical (unpaired) electrons. The smallest absolute Gasteiger partial charge is 0.146 e. The Bertz CT molecular complexity index is 4020. The zero-order valence-corrected chi connectivity index (χ0v) is 35.6. The van der Waals surface area contributed by atoms with E-state index in [-0.39, 0.29) is 0 Å². The maximum atomic E-state index is 5.66. The standard InChI is InChI=1S/C61H37N5/c1-5-21-40(22-6-1)63(41-23-7-2-8-24-41)50-33-17-31-46-53-44-29-15-13-19-38(44)35-48-55-52(65(57(46)50)59(48)53)37-62-61-56(55)49-36-39-20-14-16-30-45(39)54-47-32-18-34-51(58(47)66(61)60(49)54)64(42-25-9-3-10-26-42)43-27-11-4-12-28-43/h1-37H. The summed E-state index contributed by atoms with van der Waals surface area (Å²) >= 11 is 0. The lowest BCUT2D eigenvalue weighted by atomic mass is 9.97. The molecule has 66 heavy (non-hydrogen) atoms. The van der Waals surface area contributed by atoms with Crippen molar-refractivity contribution < 1.29 is 0 Å². The molecule has 5 nitrogen and oxygen atoms in total. The Hall–Kier alpha value is -8.93. The van der Waals surface area contributed by atoms with E-state index in [1.807, 2.05) is 0 Å². The summed E-state index contributed by atoms with van der Waals surface area (Å²) in [6.07, 6.45) is 2.15. The quantitative estimate of drug-likeness (QED) is 0.167. The molecule has 0 spiro atoms. The van der Waals surface area contributed by atoms with E-state index in [1.54, 1.807) is 0 Å². The van der Waals surface area contributed by atoms with Crippen LogP contribution in [0.2, 0.25) is 0 Å². The van der Waals surface area contributed by atoms with Gasteiger partial charge in [0.05, 0.1) is 45.2 Å². The summed E-state index contributed by atoms with van der Waals surface area (Å²) in [4.78, 5) is 10.5. The molecule has 5 aromatic heterocycles. The fourth-order valence-corrected chi connectivity index (χ4v) is 11.6. The largest absolute Gasteiger partial charge is 0.308 e. The first-order valence-corrected chi connectivity index (χ1v) is 22.6. The highest BCUT2D eigenvalue weighted by molar-refractivity contribution is 6.40. The minimum atomic E-state index is 0.958. The van der Waals surface area contributed by atoms with Crippen LogP contribution in [0.5, 0.6) is 0 Å². The van der Waals surface area contributed by atoms with Crippen molar-refractivity contribution >= 4 is 132 Å². The molecule has 0 aliphatic heterocycles. The highest BCUT2D eigenvalue weighted by Gasteiger charge is 2.30. The third kappa shape index (κ3) is 4.65. The fourth-order valence-electron chi connectivity index (χ4n) is 11.6. The molecule has 15 aromatic rings. The van der Waals surface area contributed by atoms with Gasteiger partial charge in [-0.1, -0.05) is 146 Å². The van der Waals surface area contributed by atoms with E-state index < -0.39 is 0 Å². The lowest BCUT2D eigenvalue weighted by molar-refractivity contribution is 1.23. The average molecular weight is 840 g/mol. The van der Waals surface area contributed by atoms with Gasteiger partial charge in [0.15, 0.2) is 0 Å². The molecule has 0 unspecified atom stereocenters. The minimum absolute atomic E-state index is 0.958. The number of hydrogen-bond donors (Lipinski definition) is 0. The van der Waals surface area contributed by atoms with Crippen molar-refractivity contribution in [2.45, 2.75) is 0 Å². The summed E-state index contributed by atoms with van der Waals surface area (Å²) in [6, 6.07) is 79.3. The molecule has 306 valence electrons. The minimum Gasteiger partial charge on any atom is -0.308 e. The van der Waals surface area contributed by atoms with Crippen molar-refractivity contribution in [2.75, 3.05) is 9.80 Å². The number of benzene rings is 10. The summed E-state index contributed by atoms with van der Waals surface area (Å²) in [6.45, 7) is 0. The van der Waals surface area contributed by atoms with Gasteiger partial charge < -0.3 is 14.2 Å². The molecule has 0 atom stereocenters. The molecule has 0 N–H and O–H groups in total. The van der Waals surface area contributed by atoms with E-state index in [9.17, 15) is 0 Å². The van der Waals surface area contributed by atoms with Gasteiger partial charge in [-0.15, -0.1) is 0 Å². The van der Waals surface area contributed by atoms with Crippen molar-refractivity contribution in [1.82, 2.24) is 13.8 Å². The Morgan fingerprint density at radius 2 is 0.697 bits per heavy atom. The predicted molar refractivity (Wildman–Crippen MR) is 278 cm³/mol. The van der Waals surface area contributed by atoms with E-state index in [2.05, 4.69) is 243 Å². The van der Waals surface area contributed by atoms with Crippen molar-refractivity contribution in [2.24, 2.45) is 0 Å². The molecule has 15 rings (SSSR count). The maximum Gasteiger partial charge on any atom is 0.146 e. The molecule has 0 fully saturated rings. The average Bonchev–Trinajstić information content (AvgIpc) is 4.11. The summed E-state index contributed by atoms with van der Waals surface area (Å²) in [5, 5.41) is 14.7. The topological polar surface area (TPSA) is 28.2 Å². The number of fused-ring (bicyclic) bond motifs is 17. The predicted octanol–water partition coefficient (Wildman–Crippen LogP) is 16.6. The zero-order valence-electron chi connectivity index (χ0n) is 35.6. The monoisotopic (exact) mass is 839 g/mol. The van der Waals surface area contributed by atoms with Gasteiger partial charge in [-0.05, 0) is 94.3 Å². The van der Waals surface area contributed by atoms with E-state index in [0.29, 0.717) is 0 Å². The van der Waals surface area contributed by atoms with Crippen molar-refractivity contribution in [3.05, 3.63) is 225 Å². The van der Waals surface area contributed by atoms with E-state index in [0.717, 1.165) is 56.3 Å². The highest BCUT2D eigenvalue weighted by Crippen LogP contribution is 2.52. The number of aromatic nitrogens is 3. The molecule has 5 heteroatoms. The van der Waals surface area contributed by atoms with E-state index in [1.165, 1.54) is 75.7 Å². The summed E-state index contributed by atoms with van der Waals surface area (Å²) in [7, 11) is 0. The van der Waals surface area contributed by atoms with Crippen LogP contribution < -0.4 is 9.80 Å². The number of nitrogens with zero attached hydrogens (tertiary/aromatic N) is 5. The number of rotatable bonds is 6. The summed E-state index contributed by atoms with van der Waals surface area (Å²) < 4.78 is 5.02. The second-order valence-corrected chi connectivity index (χ2v) is 17.5. The first-order chi connectivity index (χ1) is 32.8. The summed E-state index contributed by atoms with van der Waals surface area (Å²) in [5.74, 6) is 0. The molecule has 0 saturated heterocycles. The van der Waals surface area contributed by atoms with Crippen LogP contribution in [0.4, 0.5) is 34.1 Å². The van der Waals surface area contributed by atoms with Gasteiger partial charge in [-0.25, -0.2) is 4.98 Å². The van der Waals surface area contributed by atoms with Gasteiger partial charge in [0.25, 0.3) is 0 Å². The zero-order chi connectivity index (χ0) is 43.0. The van der Waals surface area contributed by atoms with Crippen LogP contribution in [0.1, 0.15) is 0 Å². The van der Waals surface area contributed by atoms with Crippen LogP contribution in [0.3, 0.4) is 0 Å². The molecule has 0 amide bonds. The second-order valence-electron chi connectivity index (χ2n) is 17.5. The van der Waals surface area contributed by atoms with Gasteiger partial charge >= 0.3 is 0 Å². The third-order valence-electron chi connectivity index (χ3n) is 14.1. The van der Waals surface area contributed by atoms with Crippen molar-refractivity contribution in [3.63, 3.8) is 0 Å². The van der Waals surface area contributed by atoms with Crippen LogP contribution in [-0.2, 0) is 0 Å². The molecular formula is C61H37N5. The summed E-state index contributed by atoms with van der Waals surface area (Å²) in [5.41, 5.74) is 13.4. The molecular weight excluding hydrogens is 803 g/mol. The molecule has 0 bridgehead atoms. The van der Waals surface area contributed by atoms with Crippen LogP contribution in [-0.4, -0.2) is 13.8 Å². The lowest BCUT2D eigenvalue weighted by Gasteiger charge is -2.26. The number of hydrogen-bond acceptors (Lipinski definition) is 3. The fraction of sp³-hybridized carbons (Fsp3) is 0. The molecule has 0 saturated carbocycles. The van der Waals surface area contributed by atoms with Gasteiger partial charge in [-0.2, -0.15) is 0 Å². The number of pyridine rings is 1. The van der Waals surface area contributed by atoms with Gasteiger partial charge in [0.2, 0.25) is 0 Å². The maximum absolute atomic E-state index is 5.66. The Labute approximate surface area is 378 Å². The first kappa shape index (κ1) is 35.5. The molecule has 5 heterocycles. The van der Waals surface area contributed by atoms with Crippen LogP contribution in [0.15, 0.2) is 225 Å². The van der Waals surface area contributed by atoms with Crippen molar-refractivity contribution in [1.29, 1.82) is 0 Å². The van der Waals surface area contributed by atoms with Crippen molar-refractivity contribution in [3.8, 4) is 0 Å². The van der Waals surface area contributed by atoms with E-state index in [4.69, 9.17) is 4.98 Å². The number of anilines is 6. The van der Waals surface area contributed by atoms with Gasteiger partial charge in [0, 0.05) is 65.8 Å². The Morgan fingerprint density at radius 1 is 0.303 bits per heavy atom. The van der Waals surface area contributed by atoms with Gasteiger partial charge in [-0.3, -0.25) is 4.40 Å². The Morgan fingerprint density at radius 3 is 1.18 bits per heavy atom. The normalized spacial score (nSPS) is 12.2. The molecule has 0 aliphatic rings. The Balaban J connectivity index is 1.15. The molecule has 10 aromatic carbocycles. The third-order valence-corrected chi connectivity index (χ3v) is 14.1. The van der Waals surface area contributed by atoms with E-state index >= 15 is 0 Å². The van der Waals surface area contributed by atoms with Crippen LogP contribution in [0.25, 0.3) is 97.9 Å². The number of para-hydroxylation sites is 6. The van der Waals surface area contributed by atoms with Gasteiger partial charge in [0.1, 0.15) is 5.65 Å². The molecule has 0 aliphatic carbocycles. The lowest BCUT2D eigenvalue weighted by Crippen LogP contribution is -2.10. The van der Waals surface area contributed by atoms with Crippen LogP contribution >= 0.6 is 0 Å². The highest BCUT2D eigenvalue weighted by atomic mass is 15.2. The second kappa shape index (κ2) is 13.3. The van der Waals surface area contributed by atoms with Crippen LogP contribution in [0, 0.1) is 0 Å².